The van der Waals surface area contributed by atoms with Gasteiger partial charge in [0.1, 0.15) is 47.2 Å². The van der Waals surface area contributed by atoms with Crippen LogP contribution in [0.4, 0.5) is 10.2 Å². The zero-order valence-electron chi connectivity index (χ0n) is 22.5. The summed E-state index contributed by atoms with van der Waals surface area (Å²) in [6, 6.07) is 11.4. The Hall–Kier alpha value is -4.83. The standard InChI is InChI=1S/C28H26FN7O7/c1-2-16(24-34-15-10-6-9-14(29)17(15)26(40)35(24)13-7-4-3-5-8-13)36(25-18-23(31-11-30-18)32-12-33-25)27-21(39)19(37)20(38)22(43-27)28(41)42/h3-12,16,19-22,27,37-39H,2H2,1H3,(H,41,42)(H,30,31,32,33)/t16-,19?,20?,21?,22?,27?/m0/s1. The first kappa shape index (κ1) is 28.3. The summed E-state index contributed by atoms with van der Waals surface area (Å²) in [6.07, 6.45) is -6.62. The molecule has 6 atom stereocenters. The second-order valence-corrected chi connectivity index (χ2v) is 9.97. The van der Waals surface area contributed by atoms with E-state index in [0.717, 1.165) is 6.07 Å². The molecule has 3 aromatic heterocycles. The van der Waals surface area contributed by atoms with Crippen molar-refractivity contribution in [2.45, 2.75) is 50.0 Å². The van der Waals surface area contributed by atoms with Gasteiger partial charge >= 0.3 is 5.97 Å². The summed E-state index contributed by atoms with van der Waals surface area (Å²) in [4.78, 5) is 47.7. The Morgan fingerprint density at radius 1 is 1.07 bits per heavy atom. The number of para-hydroxylation sites is 1. The summed E-state index contributed by atoms with van der Waals surface area (Å²) in [6.45, 7) is 1.75. The molecule has 0 saturated carbocycles. The molecular weight excluding hydrogens is 565 g/mol. The van der Waals surface area contributed by atoms with Crippen molar-refractivity contribution in [3.8, 4) is 5.69 Å². The summed E-state index contributed by atoms with van der Waals surface area (Å²) >= 11 is 0. The Balaban J connectivity index is 1.65. The number of hydrogen-bond donors (Lipinski definition) is 5. The highest BCUT2D eigenvalue weighted by Gasteiger charge is 2.51. The fourth-order valence-electron chi connectivity index (χ4n) is 5.45. The molecule has 5 unspecified atom stereocenters. The summed E-state index contributed by atoms with van der Waals surface area (Å²) in [5, 5.41) is 41.9. The minimum absolute atomic E-state index is 0.0592. The van der Waals surface area contributed by atoms with Crippen LogP contribution in [0.15, 0.2) is 66.0 Å². The normalized spacial score (nSPS) is 23.0. The molecule has 0 aliphatic carbocycles. The summed E-state index contributed by atoms with van der Waals surface area (Å²) < 4.78 is 22.0. The van der Waals surface area contributed by atoms with Crippen LogP contribution in [0, 0.1) is 5.82 Å². The molecule has 1 fully saturated rings. The lowest BCUT2D eigenvalue weighted by molar-refractivity contribution is -0.228. The van der Waals surface area contributed by atoms with E-state index >= 15 is 4.39 Å². The lowest BCUT2D eigenvalue weighted by Gasteiger charge is -2.46. The van der Waals surface area contributed by atoms with Crippen molar-refractivity contribution in [1.82, 2.24) is 29.5 Å². The maximum atomic E-state index is 15.0. The average molecular weight is 592 g/mol. The van der Waals surface area contributed by atoms with Gasteiger partial charge in [0.25, 0.3) is 5.56 Å². The van der Waals surface area contributed by atoms with E-state index < -0.39 is 54.0 Å². The molecule has 5 N–H and O–H groups in total. The van der Waals surface area contributed by atoms with Crippen LogP contribution in [-0.2, 0) is 9.53 Å². The van der Waals surface area contributed by atoms with Gasteiger partial charge in [-0.1, -0.05) is 31.2 Å². The largest absolute Gasteiger partial charge is 0.479 e. The fourth-order valence-corrected chi connectivity index (χ4v) is 5.45. The van der Waals surface area contributed by atoms with Gasteiger partial charge < -0.3 is 35.0 Å². The van der Waals surface area contributed by atoms with Crippen LogP contribution in [0.5, 0.6) is 0 Å². The number of anilines is 1. The molecule has 0 radical (unpaired) electrons. The second-order valence-electron chi connectivity index (χ2n) is 9.97. The molecule has 0 amide bonds. The highest BCUT2D eigenvalue weighted by atomic mass is 19.1. The Kier molecular flexibility index (Phi) is 7.31. The van der Waals surface area contributed by atoms with Gasteiger partial charge in [-0.2, -0.15) is 0 Å². The highest BCUT2D eigenvalue weighted by Crippen LogP contribution is 2.38. The molecule has 15 heteroatoms. The molecule has 14 nitrogen and oxygen atoms in total. The number of nitrogens with one attached hydrogen (secondary N) is 1. The molecule has 222 valence electrons. The zero-order chi connectivity index (χ0) is 30.4. The van der Waals surface area contributed by atoms with E-state index in [4.69, 9.17) is 9.72 Å². The monoisotopic (exact) mass is 591 g/mol. The Labute approximate surface area is 241 Å². The van der Waals surface area contributed by atoms with E-state index in [9.17, 15) is 30.0 Å². The van der Waals surface area contributed by atoms with Crippen LogP contribution in [0.1, 0.15) is 25.2 Å². The van der Waals surface area contributed by atoms with Crippen molar-refractivity contribution in [2.24, 2.45) is 0 Å². The van der Waals surface area contributed by atoms with E-state index in [1.807, 2.05) is 0 Å². The lowest BCUT2D eigenvalue weighted by atomic mass is 9.96. The Bertz CT molecular complexity index is 1870. The van der Waals surface area contributed by atoms with Gasteiger partial charge in [0.05, 0.1) is 23.6 Å². The number of rotatable bonds is 7. The van der Waals surface area contributed by atoms with E-state index in [0.29, 0.717) is 5.69 Å². The molecule has 1 aliphatic heterocycles. The van der Waals surface area contributed by atoms with Crippen LogP contribution >= 0.6 is 0 Å². The zero-order valence-corrected chi connectivity index (χ0v) is 22.5. The lowest BCUT2D eigenvalue weighted by Crippen LogP contribution is -2.65. The van der Waals surface area contributed by atoms with Crippen molar-refractivity contribution in [1.29, 1.82) is 0 Å². The third-order valence-corrected chi connectivity index (χ3v) is 7.46. The predicted octanol–water partition coefficient (Wildman–Crippen LogP) is 1.04. The van der Waals surface area contributed by atoms with E-state index in [1.54, 1.807) is 37.3 Å². The number of carboxylic acid groups (broad SMARTS) is 1. The van der Waals surface area contributed by atoms with Crippen molar-refractivity contribution < 1.29 is 34.3 Å². The third kappa shape index (κ3) is 4.67. The number of imidazole rings is 1. The number of aliphatic hydroxyl groups excluding tert-OH is 3. The SMILES string of the molecule is CC[C@@H](c1nc2cccc(F)c2c(=O)n1-c1ccccc1)N(c1ncnc2nc[nH]c12)C1OC(C(=O)O)C(O)C(O)C1O. The number of halogens is 1. The van der Waals surface area contributed by atoms with Gasteiger partial charge in [-0.15, -0.1) is 0 Å². The van der Waals surface area contributed by atoms with Crippen LogP contribution in [0.25, 0.3) is 27.8 Å². The minimum atomic E-state index is -1.95. The first-order chi connectivity index (χ1) is 20.7. The number of ether oxygens (including phenoxy) is 1. The van der Waals surface area contributed by atoms with Crippen LogP contribution < -0.4 is 10.5 Å². The number of carbonyl (C=O) groups is 1. The number of aromatic nitrogens is 6. The van der Waals surface area contributed by atoms with Crippen molar-refractivity contribution >= 4 is 33.9 Å². The van der Waals surface area contributed by atoms with Crippen molar-refractivity contribution in [3.05, 3.63) is 83.2 Å². The number of carboxylic acids is 1. The third-order valence-electron chi connectivity index (χ3n) is 7.46. The Morgan fingerprint density at radius 3 is 2.56 bits per heavy atom. The van der Waals surface area contributed by atoms with Gasteiger partial charge in [0.2, 0.25) is 0 Å². The van der Waals surface area contributed by atoms with E-state index in [-0.39, 0.29) is 40.1 Å². The molecule has 1 saturated heterocycles. The number of fused-ring (bicyclic) bond motifs is 2. The number of aromatic amines is 1. The van der Waals surface area contributed by atoms with Crippen molar-refractivity contribution in [2.75, 3.05) is 4.90 Å². The molecule has 0 bridgehead atoms. The summed E-state index contributed by atoms with van der Waals surface area (Å²) in [7, 11) is 0. The fraction of sp³-hybridized carbons (Fsp3) is 0.286. The van der Waals surface area contributed by atoms with Gasteiger partial charge in [-0.25, -0.2) is 29.1 Å². The number of benzene rings is 2. The number of aliphatic carboxylic acids is 1. The maximum Gasteiger partial charge on any atom is 0.335 e. The minimum Gasteiger partial charge on any atom is -0.479 e. The van der Waals surface area contributed by atoms with E-state index in [1.165, 1.54) is 34.3 Å². The molecule has 0 spiro atoms. The van der Waals surface area contributed by atoms with Gasteiger partial charge in [0.15, 0.2) is 23.8 Å². The predicted molar refractivity (Wildman–Crippen MR) is 149 cm³/mol. The second kappa shape index (κ2) is 11.1. The van der Waals surface area contributed by atoms with Gasteiger partial charge in [0, 0.05) is 0 Å². The number of hydrogen-bond acceptors (Lipinski definition) is 11. The molecule has 1 aliphatic rings. The van der Waals surface area contributed by atoms with Crippen LogP contribution in [0.2, 0.25) is 0 Å². The van der Waals surface area contributed by atoms with E-state index in [2.05, 4.69) is 19.9 Å². The summed E-state index contributed by atoms with van der Waals surface area (Å²) in [5.41, 5.74) is 0.200. The first-order valence-corrected chi connectivity index (χ1v) is 13.3. The quantitative estimate of drug-likeness (QED) is 0.180. The number of H-pyrrole nitrogens is 1. The topological polar surface area (TPSA) is 200 Å². The highest BCUT2D eigenvalue weighted by molar-refractivity contribution is 5.83. The molecule has 2 aromatic carbocycles. The molecule has 6 rings (SSSR count). The first-order valence-electron chi connectivity index (χ1n) is 13.3. The Morgan fingerprint density at radius 2 is 1.84 bits per heavy atom. The molecule has 5 aromatic rings. The van der Waals surface area contributed by atoms with Crippen LogP contribution in [0.3, 0.4) is 0 Å². The van der Waals surface area contributed by atoms with Gasteiger partial charge in [-0.05, 0) is 30.7 Å². The van der Waals surface area contributed by atoms with Crippen LogP contribution in [-0.4, -0.2) is 86.5 Å². The molecular formula is C28H26FN7O7. The average Bonchev–Trinajstić information content (AvgIpc) is 3.49. The number of nitrogens with zero attached hydrogens (tertiary/aromatic N) is 6. The van der Waals surface area contributed by atoms with Gasteiger partial charge in [-0.3, -0.25) is 9.36 Å². The number of aliphatic hydroxyl groups is 3. The van der Waals surface area contributed by atoms with Crippen molar-refractivity contribution in [3.63, 3.8) is 0 Å². The smallest absolute Gasteiger partial charge is 0.335 e. The molecule has 43 heavy (non-hydrogen) atoms. The summed E-state index contributed by atoms with van der Waals surface area (Å²) in [5.74, 6) is -2.20. The molecule has 4 heterocycles. The maximum absolute atomic E-state index is 15.0.